The normalized spacial score (nSPS) is 15.3. The number of rotatable bonds is 9. The van der Waals surface area contributed by atoms with Crippen molar-refractivity contribution in [3.63, 3.8) is 0 Å². The summed E-state index contributed by atoms with van der Waals surface area (Å²) in [6, 6.07) is 8.00. The number of piperidine rings is 1. The second-order valence-corrected chi connectivity index (χ2v) is 9.41. The van der Waals surface area contributed by atoms with Gasteiger partial charge in [-0.1, -0.05) is 0 Å². The number of nitrogens with zero attached hydrogens (tertiary/aromatic N) is 1. The number of hydrogen-bond donors (Lipinski definition) is 2. The molecular weight excluding hydrogens is 350 g/mol. The van der Waals surface area contributed by atoms with Crippen LogP contribution in [0.1, 0.15) is 52.4 Å². The van der Waals surface area contributed by atoms with Crippen LogP contribution in [0.3, 0.4) is 0 Å². The summed E-state index contributed by atoms with van der Waals surface area (Å²) in [6.45, 7) is 5.87. The van der Waals surface area contributed by atoms with Crippen LogP contribution in [-0.4, -0.2) is 39.2 Å². The molecule has 0 unspecified atom stereocenters. The predicted octanol–water partition coefficient (Wildman–Crippen LogP) is 3.11. The van der Waals surface area contributed by atoms with E-state index in [1.807, 2.05) is 12.1 Å². The van der Waals surface area contributed by atoms with Crippen molar-refractivity contribution in [2.24, 2.45) is 0 Å². The van der Waals surface area contributed by atoms with Gasteiger partial charge in [-0.25, -0.2) is 13.1 Å². The van der Waals surface area contributed by atoms with Crippen molar-refractivity contribution in [3.8, 4) is 0 Å². The highest BCUT2D eigenvalue weighted by molar-refractivity contribution is 7.90. The molecule has 1 aliphatic heterocycles. The maximum atomic E-state index is 12.0. The zero-order valence-electron chi connectivity index (χ0n) is 15.8. The monoisotopic (exact) mass is 381 g/mol. The van der Waals surface area contributed by atoms with E-state index in [1.54, 1.807) is 13.8 Å². The first kappa shape index (κ1) is 20.7. The smallest absolute Gasteiger partial charge is 0.224 e. The number of hydrogen-bond acceptors (Lipinski definition) is 4. The molecule has 0 radical (unpaired) electrons. The van der Waals surface area contributed by atoms with Crippen molar-refractivity contribution in [2.75, 3.05) is 29.9 Å². The number of anilines is 2. The molecule has 1 aliphatic rings. The summed E-state index contributed by atoms with van der Waals surface area (Å²) in [7, 11) is -3.22. The second-order valence-electron chi connectivity index (χ2n) is 7.09. The van der Waals surface area contributed by atoms with Gasteiger partial charge in [-0.05, 0) is 70.2 Å². The van der Waals surface area contributed by atoms with E-state index in [9.17, 15) is 13.2 Å². The minimum absolute atomic E-state index is 0.0394. The molecule has 1 aromatic rings. The number of amides is 1. The molecule has 1 saturated heterocycles. The third-order valence-electron chi connectivity index (χ3n) is 4.63. The molecule has 0 atom stereocenters. The molecule has 1 aromatic carbocycles. The lowest BCUT2D eigenvalue weighted by molar-refractivity contribution is -0.116. The van der Waals surface area contributed by atoms with Crippen molar-refractivity contribution >= 4 is 27.3 Å². The van der Waals surface area contributed by atoms with Gasteiger partial charge in [-0.15, -0.1) is 0 Å². The quantitative estimate of drug-likeness (QED) is 0.644. The first-order chi connectivity index (χ1) is 12.4. The summed E-state index contributed by atoms with van der Waals surface area (Å²) < 4.78 is 25.8. The first-order valence-electron chi connectivity index (χ1n) is 9.52. The highest BCUT2D eigenvalue weighted by Crippen LogP contribution is 2.21. The van der Waals surface area contributed by atoms with E-state index in [0.717, 1.165) is 18.8 Å². The third kappa shape index (κ3) is 6.61. The van der Waals surface area contributed by atoms with E-state index in [4.69, 9.17) is 0 Å². The summed E-state index contributed by atoms with van der Waals surface area (Å²) in [5.74, 6) is -0.0394. The van der Waals surface area contributed by atoms with Crippen LogP contribution in [0.5, 0.6) is 0 Å². The molecule has 0 spiro atoms. The Morgan fingerprint density at radius 1 is 1.08 bits per heavy atom. The highest BCUT2D eigenvalue weighted by atomic mass is 32.2. The van der Waals surface area contributed by atoms with Gasteiger partial charge in [0.05, 0.1) is 5.25 Å². The Morgan fingerprint density at radius 3 is 2.35 bits per heavy atom. The fourth-order valence-electron chi connectivity index (χ4n) is 2.92. The molecule has 0 aromatic heterocycles. The lowest BCUT2D eigenvalue weighted by Crippen LogP contribution is -2.31. The summed E-state index contributed by atoms with van der Waals surface area (Å²) in [6.07, 6.45) is 5.48. The van der Waals surface area contributed by atoms with Crippen molar-refractivity contribution in [3.05, 3.63) is 24.3 Å². The molecule has 146 valence electrons. The number of sulfonamides is 1. The molecule has 0 saturated carbocycles. The second kappa shape index (κ2) is 9.92. The van der Waals surface area contributed by atoms with Gasteiger partial charge in [-0.2, -0.15) is 0 Å². The van der Waals surface area contributed by atoms with E-state index in [-0.39, 0.29) is 5.91 Å². The van der Waals surface area contributed by atoms with E-state index in [2.05, 4.69) is 27.1 Å². The largest absolute Gasteiger partial charge is 0.372 e. The fraction of sp³-hybridized carbons (Fsp3) is 0.632. The van der Waals surface area contributed by atoms with Crippen LogP contribution in [0.25, 0.3) is 0 Å². The van der Waals surface area contributed by atoms with Crippen LogP contribution in [0.15, 0.2) is 24.3 Å². The average Bonchev–Trinajstić information content (AvgIpc) is 2.62. The van der Waals surface area contributed by atoms with Crippen LogP contribution in [0.2, 0.25) is 0 Å². The summed E-state index contributed by atoms with van der Waals surface area (Å²) in [5.41, 5.74) is 2.01. The Bertz CT molecular complexity index is 666. The fourth-order valence-corrected chi connectivity index (χ4v) is 3.69. The SMILES string of the molecule is CC(C)S(=O)(=O)NCCCCC(=O)Nc1ccc(N2CCCCC2)cc1. The topological polar surface area (TPSA) is 78.5 Å². The van der Waals surface area contributed by atoms with Gasteiger partial charge in [0.15, 0.2) is 0 Å². The summed E-state index contributed by atoms with van der Waals surface area (Å²) in [4.78, 5) is 14.4. The van der Waals surface area contributed by atoms with Crippen LogP contribution in [0.4, 0.5) is 11.4 Å². The average molecular weight is 382 g/mol. The van der Waals surface area contributed by atoms with Gasteiger partial charge in [0, 0.05) is 37.4 Å². The Morgan fingerprint density at radius 2 is 1.73 bits per heavy atom. The van der Waals surface area contributed by atoms with E-state index < -0.39 is 15.3 Å². The maximum absolute atomic E-state index is 12.0. The number of benzene rings is 1. The Balaban J connectivity index is 1.67. The molecule has 7 heteroatoms. The zero-order chi connectivity index (χ0) is 19.0. The third-order valence-corrected chi connectivity index (χ3v) is 6.47. The van der Waals surface area contributed by atoms with Crippen LogP contribution < -0.4 is 14.9 Å². The Labute approximate surface area is 157 Å². The molecule has 1 amide bonds. The molecule has 2 N–H and O–H groups in total. The summed E-state index contributed by atoms with van der Waals surface area (Å²) >= 11 is 0. The lowest BCUT2D eigenvalue weighted by atomic mass is 10.1. The van der Waals surface area contributed by atoms with Crippen molar-refractivity contribution in [1.82, 2.24) is 4.72 Å². The number of carbonyl (C=O) groups is 1. The molecule has 2 rings (SSSR count). The Hall–Kier alpha value is -1.60. The molecule has 0 bridgehead atoms. The minimum atomic E-state index is -3.22. The van der Waals surface area contributed by atoms with Crippen molar-refractivity contribution in [2.45, 2.75) is 57.6 Å². The van der Waals surface area contributed by atoms with Gasteiger partial charge in [0.2, 0.25) is 15.9 Å². The van der Waals surface area contributed by atoms with Gasteiger partial charge in [0.25, 0.3) is 0 Å². The van der Waals surface area contributed by atoms with Gasteiger partial charge in [0.1, 0.15) is 0 Å². The molecule has 6 nitrogen and oxygen atoms in total. The van der Waals surface area contributed by atoms with Gasteiger partial charge >= 0.3 is 0 Å². The molecular formula is C19H31N3O3S. The predicted molar refractivity (Wildman–Crippen MR) is 107 cm³/mol. The van der Waals surface area contributed by atoms with E-state index in [1.165, 1.54) is 24.9 Å². The zero-order valence-corrected chi connectivity index (χ0v) is 16.6. The van der Waals surface area contributed by atoms with Crippen LogP contribution >= 0.6 is 0 Å². The van der Waals surface area contributed by atoms with Gasteiger partial charge < -0.3 is 10.2 Å². The summed E-state index contributed by atoms with van der Waals surface area (Å²) in [5, 5.41) is 2.47. The Kier molecular flexibility index (Phi) is 7.90. The maximum Gasteiger partial charge on any atom is 0.224 e. The van der Waals surface area contributed by atoms with Crippen LogP contribution in [-0.2, 0) is 14.8 Å². The number of nitrogens with one attached hydrogen (secondary N) is 2. The minimum Gasteiger partial charge on any atom is -0.372 e. The van der Waals surface area contributed by atoms with E-state index >= 15 is 0 Å². The van der Waals surface area contributed by atoms with E-state index in [0.29, 0.717) is 25.8 Å². The molecule has 1 fully saturated rings. The molecule has 1 heterocycles. The lowest BCUT2D eigenvalue weighted by Gasteiger charge is -2.28. The van der Waals surface area contributed by atoms with Crippen LogP contribution in [0, 0.1) is 0 Å². The van der Waals surface area contributed by atoms with Gasteiger partial charge in [-0.3, -0.25) is 4.79 Å². The first-order valence-corrected chi connectivity index (χ1v) is 11.1. The highest BCUT2D eigenvalue weighted by Gasteiger charge is 2.14. The number of unbranched alkanes of at least 4 members (excludes halogenated alkanes) is 1. The molecule has 0 aliphatic carbocycles. The standard InChI is InChI=1S/C19H31N3O3S/c1-16(2)26(24,25)20-13-5-4-8-19(23)21-17-9-11-18(12-10-17)22-14-6-3-7-15-22/h9-12,16,20H,3-8,13-15H2,1-2H3,(H,21,23). The number of carbonyl (C=O) groups excluding carboxylic acids is 1. The van der Waals surface area contributed by atoms with Crippen molar-refractivity contribution < 1.29 is 13.2 Å². The van der Waals surface area contributed by atoms with Crippen molar-refractivity contribution in [1.29, 1.82) is 0 Å². The molecule has 26 heavy (non-hydrogen) atoms.